The Morgan fingerprint density at radius 3 is 2.58 bits per heavy atom. The van der Waals surface area contributed by atoms with Gasteiger partial charge in [-0.05, 0) is 63.1 Å². The molecule has 0 bridgehead atoms. The number of ether oxygens (including phenoxy) is 1. The van der Waals surface area contributed by atoms with Crippen molar-refractivity contribution >= 4 is 5.91 Å². The number of pyridine rings is 1. The second-order valence-corrected chi connectivity index (χ2v) is 9.50. The third-order valence-corrected chi connectivity index (χ3v) is 7.36. The van der Waals surface area contributed by atoms with Crippen LogP contribution in [-0.2, 0) is 11.3 Å². The molecular weight excluding hydrogens is 386 g/mol. The average Bonchev–Trinajstić information content (AvgIpc) is 3.64. The van der Waals surface area contributed by atoms with Crippen LogP contribution in [0.25, 0.3) is 0 Å². The lowest BCUT2D eigenvalue weighted by atomic mass is 9.81. The number of carbonyl (C=O) groups is 1. The van der Waals surface area contributed by atoms with Crippen LogP contribution in [0, 0.1) is 6.92 Å². The molecule has 2 aliphatic heterocycles. The molecule has 1 amide bonds. The van der Waals surface area contributed by atoms with E-state index in [4.69, 9.17) is 4.74 Å². The Morgan fingerprint density at radius 1 is 1.10 bits per heavy atom. The number of aromatic nitrogens is 1. The van der Waals surface area contributed by atoms with Gasteiger partial charge in [-0.2, -0.15) is 0 Å². The Morgan fingerprint density at radius 2 is 1.87 bits per heavy atom. The lowest BCUT2D eigenvalue weighted by molar-refractivity contribution is -0.131. The highest BCUT2D eigenvalue weighted by Crippen LogP contribution is 2.40. The van der Waals surface area contributed by atoms with Crippen molar-refractivity contribution in [1.82, 2.24) is 14.8 Å². The summed E-state index contributed by atoms with van der Waals surface area (Å²) in [5, 5.41) is 0. The quantitative estimate of drug-likeness (QED) is 0.728. The molecule has 0 radical (unpaired) electrons. The maximum Gasteiger partial charge on any atom is 0.255 e. The Labute approximate surface area is 185 Å². The molecule has 3 heterocycles. The van der Waals surface area contributed by atoms with Gasteiger partial charge in [-0.3, -0.25) is 14.7 Å². The lowest BCUT2D eigenvalue weighted by Crippen LogP contribution is -2.54. The van der Waals surface area contributed by atoms with Gasteiger partial charge in [-0.15, -0.1) is 0 Å². The summed E-state index contributed by atoms with van der Waals surface area (Å²) in [6.07, 6.45) is 8.45. The maximum absolute atomic E-state index is 13.0. The molecule has 1 unspecified atom stereocenters. The first-order valence-electron chi connectivity index (χ1n) is 11.8. The number of carbonyl (C=O) groups excluding carboxylic acids is 1. The Hall–Kier alpha value is -2.24. The van der Waals surface area contributed by atoms with Crippen LogP contribution in [0.4, 0.5) is 0 Å². The predicted octanol–water partition coefficient (Wildman–Crippen LogP) is 4.21. The summed E-state index contributed by atoms with van der Waals surface area (Å²) in [6, 6.07) is 15.9. The van der Waals surface area contributed by atoms with Crippen molar-refractivity contribution in [2.75, 3.05) is 19.7 Å². The van der Waals surface area contributed by atoms with Gasteiger partial charge in [0.15, 0.2) is 0 Å². The molecule has 3 aliphatic rings. The van der Waals surface area contributed by atoms with Gasteiger partial charge in [-0.1, -0.05) is 30.3 Å². The standard InChI is InChI=1S/C26H33N3O2/c1-20-24(8-5-14-27-20)25(30)28-15-12-26(13-16-28)18-23(11-17-31-26)29(22-9-10-22)19-21-6-3-2-4-7-21/h2-8,14,22-23H,9-13,15-19H2,1H3. The summed E-state index contributed by atoms with van der Waals surface area (Å²) in [5.41, 5.74) is 2.86. The zero-order chi connectivity index (χ0) is 21.3. The number of hydrogen-bond acceptors (Lipinski definition) is 4. The van der Waals surface area contributed by atoms with Crippen molar-refractivity contribution in [3.8, 4) is 0 Å². The molecule has 31 heavy (non-hydrogen) atoms. The highest BCUT2D eigenvalue weighted by atomic mass is 16.5. The fraction of sp³-hybridized carbons (Fsp3) is 0.538. The SMILES string of the molecule is Cc1ncccc1C(=O)N1CCC2(CC1)CC(N(Cc1ccccc1)C1CC1)CCO2. The van der Waals surface area contributed by atoms with Gasteiger partial charge in [-0.25, -0.2) is 0 Å². The maximum atomic E-state index is 13.0. The van der Waals surface area contributed by atoms with Crippen molar-refractivity contribution in [3.05, 3.63) is 65.5 Å². The Kier molecular flexibility index (Phi) is 5.81. The first-order chi connectivity index (χ1) is 15.1. The van der Waals surface area contributed by atoms with Crippen LogP contribution < -0.4 is 0 Å². The molecule has 1 aromatic carbocycles. The van der Waals surface area contributed by atoms with E-state index in [2.05, 4.69) is 40.2 Å². The van der Waals surface area contributed by atoms with E-state index < -0.39 is 0 Å². The van der Waals surface area contributed by atoms with E-state index in [0.29, 0.717) is 6.04 Å². The summed E-state index contributed by atoms with van der Waals surface area (Å²) < 4.78 is 6.42. The van der Waals surface area contributed by atoms with Gasteiger partial charge in [0.05, 0.1) is 11.2 Å². The summed E-state index contributed by atoms with van der Waals surface area (Å²) in [5.74, 6) is 0.108. The second kappa shape index (κ2) is 8.71. The molecule has 1 spiro atoms. The van der Waals surface area contributed by atoms with Crippen molar-refractivity contribution in [2.24, 2.45) is 0 Å². The van der Waals surface area contributed by atoms with Gasteiger partial charge in [0.1, 0.15) is 0 Å². The number of nitrogens with zero attached hydrogens (tertiary/aromatic N) is 3. The van der Waals surface area contributed by atoms with Crippen molar-refractivity contribution in [2.45, 2.75) is 69.7 Å². The van der Waals surface area contributed by atoms with Crippen LogP contribution in [0.5, 0.6) is 0 Å². The average molecular weight is 420 g/mol. The van der Waals surface area contributed by atoms with Crippen LogP contribution in [0.15, 0.2) is 48.7 Å². The zero-order valence-electron chi connectivity index (χ0n) is 18.5. The number of likely N-dealkylation sites (tertiary alicyclic amines) is 1. The van der Waals surface area contributed by atoms with Crippen LogP contribution >= 0.6 is 0 Å². The van der Waals surface area contributed by atoms with Gasteiger partial charge in [0.25, 0.3) is 5.91 Å². The number of hydrogen-bond donors (Lipinski definition) is 0. The molecule has 1 aromatic heterocycles. The molecule has 5 nitrogen and oxygen atoms in total. The molecule has 164 valence electrons. The minimum atomic E-state index is -0.0759. The lowest BCUT2D eigenvalue weighted by Gasteiger charge is -2.48. The van der Waals surface area contributed by atoms with E-state index in [1.165, 1.54) is 18.4 Å². The topological polar surface area (TPSA) is 45.7 Å². The molecule has 2 saturated heterocycles. The first kappa shape index (κ1) is 20.7. The number of piperidine rings is 1. The van der Waals surface area contributed by atoms with Crippen LogP contribution in [0.2, 0.25) is 0 Å². The Bertz CT molecular complexity index is 904. The van der Waals surface area contributed by atoms with Crippen LogP contribution in [0.3, 0.4) is 0 Å². The van der Waals surface area contributed by atoms with E-state index in [9.17, 15) is 4.79 Å². The Balaban J connectivity index is 1.24. The summed E-state index contributed by atoms with van der Waals surface area (Å²) in [6.45, 7) is 5.31. The smallest absolute Gasteiger partial charge is 0.255 e. The van der Waals surface area contributed by atoms with Crippen molar-refractivity contribution in [1.29, 1.82) is 0 Å². The molecule has 1 atom stereocenters. The number of aryl methyl sites for hydroxylation is 1. The fourth-order valence-electron chi connectivity index (χ4n) is 5.39. The normalized spacial score (nSPS) is 23.3. The molecule has 3 fully saturated rings. The molecule has 5 rings (SSSR count). The van der Waals surface area contributed by atoms with Crippen LogP contribution in [-0.4, -0.2) is 58.1 Å². The van der Waals surface area contributed by atoms with Crippen molar-refractivity contribution < 1.29 is 9.53 Å². The van der Waals surface area contributed by atoms with Crippen molar-refractivity contribution in [3.63, 3.8) is 0 Å². The van der Waals surface area contributed by atoms with Gasteiger partial charge in [0, 0.05) is 50.2 Å². The van der Waals surface area contributed by atoms with E-state index in [1.54, 1.807) is 6.20 Å². The van der Waals surface area contributed by atoms with Crippen LogP contribution in [0.1, 0.15) is 60.1 Å². The minimum absolute atomic E-state index is 0.0759. The summed E-state index contributed by atoms with van der Waals surface area (Å²) in [7, 11) is 0. The second-order valence-electron chi connectivity index (χ2n) is 9.50. The third kappa shape index (κ3) is 4.53. The largest absolute Gasteiger partial charge is 0.375 e. The van der Waals surface area contributed by atoms with E-state index in [1.807, 2.05) is 24.0 Å². The van der Waals surface area contributed by atoms with E-state index in [-0.39, 0.29) is 11.5 Å². The predicted molar refractivity (Wildman–Crippen MR) is 121 cm³/mol. The van der Waals surface area contributed by atoms with Gasteiger partial charge in [0.2, 0.25) is 0 Å². The van der Waals surface area contributed by atoms with E-state index in [0.717, 1.165) is 69.2 Å². The molecule has 1 aliphatic carbocycles. The molecule has 0 N–H and O–H groups in total. The number of benzene rings is 1. The van der Waals surface area contributed by atoms with Gasteiger partial charge >= 0.3 is 0 Å². The fourth-order valence-corrected chi connectivity index (χ4v) is 5.39. The minimum Gasteiger partial charge on any atom is -0.375 e. The molecule has 1 saturated carbocycles. The molecule has 5 heteroatoms. The highest BCUT2D eigenvalue weighted by molar-refractivity contribution is 5.95. The highest BCUT2D eigenvalue weighted by Gasteiger charge is 2.45. The molecule has 2 aromatic rings. The monoisotopic (exact) mass is 419 g/mol. The number of rotatable bonds is 5. The summed E-state index contributed by atoms with van der Waals surface area (Å²) in [4.78, 5) is 22.0. The third-order valence-electron chi connectivity index (χ3n) is 7.36. The summed E-state index contributed by atoms with van der Waals surface area (Å²) >= 11 is 0. The zero-order valence-corrected chi connectivity index (χ0v) is 18.5. The first-order valence-corrected chi connectivity index (χ1v) is 11.8. The van der Waals surface area contributed by atoms with Gasteiger partial charge < -0.3 is 9.64 Å². The molecular formula is C26H33N3O2. The van der Waals surface area contributed by atoms with E-state index >= 15 is 0 Å². The number of amides is 1.